The van der Waals surface area contributed by atoms with Gasteiger partial charge in [-0.25, -0.2) is 0 Å². The van der Waals surface area contributed by atoms with E-state index in [0.29, 0.717) is 12.3 Å². The highest BCUT2D eigenvalue weighted by Gasteiger charge is 2.14. The van der Waals surface area contributed by atoms with Crippen molar-refractivity contribution >= 4 is 5.71 Å². The summed E-state index contributed by atoms with van der Waals surface area (Å²) in [6, 6.07) is 0. The highest BCUT2D eigenvalue weighted by molar-refractivity contribution is 5.98. The van der Waals surface area contributed by atoms with Gasteiger partial charge in [0.1, 0.15) is 6.10 Å². The van der Waals surface area contributed by atoms with Crippen molar-refractivity contribution in [3.05, 3.63) is 24.9 Å². The van der Waals surface area contributed by atoms with Crippen LogP contribution in [0, 0.1) is 0 Å². The fourth-order valence-corrected chi connectivity index (χ4v) is 1.02. The first kappa shape index (κ1) is 14.1. The number of aliphatic hydroxyl groups is 1. The number of nitrogens with one attached hydrogen (secondary N) is 1. The number of β-amino-alcohol motifs (C(OH)–C–C–N with tert-alkyl or cyclic N) is 1. The minimum Gasteiger partial charge on any atom is -0.385 e. The van der Waals surface area contributed by atoms with Gasteiger partial charge in [-0.05, 0) is 33.8 Å². The van der Waals surface area contributed by atoms with Crippen LogP contribution in [-0.4, -0.2) is 29.0 Å². The number of rotatable bonds is 5. The third-order valence-electron chi connectivity index (χ3n) is 1.74. The highest BCUT2D eigenvalue weighted by atomic mass is 16.3. The zero-order chi connectivity index (χ0) is 11.9. The van der Waals surface area contributed by atoms with Gasteiger partial charge in [-0.15, -0.1) is 0 Å². The lowest BCUT2D eigenvalue weighted by molar-refractivity contribution is 0.222. The first-order chi connectivity index (χ1) is 6.90. The molecule has 0 amide bonds. The van der Waals surface area contributed by atoms with Gasteiger partial charge in [0, 0.05) is 18.3 Å². The third kappa shape index (κ3) is 7.05. The zero-order valence-electron chi connectivity index (χ0n) is 10.1. The Labute approximate surface area is 92.6 Å². The fraction of sp³-hybridized carbons (Fsp3) is 0.583. The summed E-state index contributed by atoms with van der Waals surface area (Å²) in [4.78, 5) is 4.02. The van der Waals surface area contributed by atoms with E-state index < -0.39 is 6.10 Å². The molecule has 0 aliphatic rings. The Morgan fingerprint density at radius 2 is 2.13 bits per heavy atom. The van der Waals surface area contributed by atoms with Crippen molar-refractivity contribution in [3.8, 4) is 0 Å². The molecule has 0 aliphatic heterocycles. The van der Waals surface area contributed by atoms with Crippen LogP contribution in [0.2, 0.25) is 0 Å². The molecule has 0 aromatic heterocycles. The summed E-state index contributed by atoms with van der Waals surface area (Å²) in [6.07, 6.45) is 4.48. The number of hydrogen-bond acceptors (Lipinski definition) is 3. The normalized spacial score (nSPS) is 15.7. The molecule has 3 heteroatoms. The van der Waals surface area contributed by atoms with Gasteiger partial charge in [0.25, 0.3) is 0 Å². The first-order valence-corrected chi connectivity index (χ1v) is 5.15. The lowest BCUT2D eigenvalue weighted by Gasteiger charge is -2.22. The van der Waals surface area contributed by atoms with Crippen molar-refractivity contribution in [2.75, 3.05) is 6.54 Å². The van der Waals surface area contributed by atoms with E-state index in [0.717, 1.165) is 0 Å². The van der Waals surface area contributed by atoms with Crippen molar-refractivity contribution in [1.82, 2.24) is 5.32 Å². The Bertz CT molecular complexity index is 249. The van der Waals surface area contributed by atoms with Gasteiger partial charge in [-0.1, -0.05) is 12.7 Å². The smallest absolute Gasteiger partial charge is 0.108 e. The van der Waals surface area contributed by atoms with Crippen molar-refractivity contribution in [1.29, 1.82) is 0 Å². The predicted molar refractivity (Wildman–Crippen MR) is 66.2 cm³/mol. The molecule has 0 heterocycles. The Kier molecular flexibility index (Phi) is 6.13. The van der Waals surface area contributed by atoms with E-state index >= 15 is 0 Å². The molecule has 0 radical (unpaired) electrons. The van der Waals surface area contributed by atoms with Gasteiger partial charge in [-0.2, -0.15) is 0 Å². The molecule has 1 unspecified atom stereocenters. The second-order valence-corrected chi connectivity index (χ2v) is 4.38. The van der Waals surface area contributed by atoms with Crippen molar-refractivity contribution < 1.29 is 5.11 Å². The van der Waals surface area contributed by atoms with E-state index in [1.165, 1.54) is 6.20 Å². The molecule has 0 aromatic carbocycles. The average Bonchev–Trinajstić information content (AvgIpc) is 2.13. The van der Waals surface area contributed by atoms with E-state index in [9.17, 15) is 5.11 Å². The standard InChI is InChI=1S/C12H22N2O/c1-6-8-10(13-7-2)11(15)9-14-12(3,4)5/h6-8,11,14-15H,2,9H2,1,3-5H3/b8-6-,13-10?. The van der Waals surface area contributed by atoms with E-state index in [4.69, 9.17) is 0 Å². The number of aliphatic imine (C=N–C) groups is 1. The molecule has 2 N–H and O–H groups in total. The van der Waals surface area contributed by atoms with Crippen LogP contribution in [0.1, 0.15) is 27.7 Å². The molecule has 0 saturated heterocycles. The van der Waals surface area contributed by atoms with Gasteiger partial charge < -0.3 is 10.4 Å². The van der Waals surface area contributed by atoms with E-state index in [2.05, 4.69) is 37.7 Å². The number of aliphatic hydroxyl groups excluding tert-OH is 1. The van der Waals surface area contributed by atoms with Crippen LogP contribution in [0.5, 0.6) is 0 Å². The van der Waals surface area contributed by atoms with Crippen LogP contribution < -0.4 is 5.32 Å². The predicted octanol–water partition coefficient (Wildman–Crippen LogP) is 1.90. The third-order valence-corrected chi connectivity index (χ3v) is 1.74. The number of hydrogen-bond donors (Lipinski definition) is 2. The molecule has 0 fully saturated rings. The minimum atomic E-state index is -0.599. The Hall–Kier alpha value is -0.930. The summed E-state index contributed by atoms with van der Waals surface area (Å²) >= 11 is 0. The van der Waals surface area contributed by atoms with Gasteiger partial charge in [0.15, 0.2) is 0 Å². The topological polar surface area (TPSA) is 44.6 Å². The molecule has 0 aliphatic carbocycles. The molecular formula is C12H22N2O. The molecule has 0 bridgehead atoms. The summed E-state index contributed by atoms with van der Waals surface area (Å²) in [5.74, 6) is 0. The number of allylic oxidation sites excluding steroid dienone is 1. The maximum atomic E-state index is 9.84. The second kappa shape index (κ2) is 6.53. The molecule has 0 aromatic rings. The van der Waals surface area contributed by atoms with Crippen molar-refractivity contribution in [3.63, 3.8) is 0 Å². The Balaban J connectivity index is 4.33. The maximum absolute atomic E-state index is 9.84. The summed E-state index contributed by atoms with van der Waals surface area (Å²) in [5.41, 5.74) is 0.625. The summed E-state index contributed by atoms with van der Waals surface area (Å²) in [5, 5.41) is 13.1. The Morgan fingerprint density at radius 3 is 2.53 bits per heavy atom. The molecular weight excluding hydrogens is 188 g/mol. The van der Waals surface area contributed by atoms with Crippen molar-refractivity contribution in [2.45, 2.75) is 39.3 Å². The van der Waals surface area contributed by atoms with Crippen LogP contribution in [0.15, 0.2) is 29.9 Å². The first-order valence-electron chi connectivity index (χ1n) is 5.15. The lowest BCUT2D eigenvalue weighted by atomic mass is 10.1. The maximum Gasteiger partial charge on any atom is 0.108 e. The SMILES string of the molecule is C=CN=C(/C=C\C)C(O)CNC(C)(C)C. The van der Waals surface area contributed by atoms with Gasteiger partial charge in [0.05, 0.1) is 5.71 Å². The fourth-order valence-electron chi connectivity index (χ4n) is 1.02. The molecule has 0 rings (SSSR count). The number of nitrogens with zero attached hydrogens (tertiary/aromatic N) is 1. The van der Waals surface area contributed by atoms with Crippen LogP contribution in [0.4, 0.5) is 0 Å². The van der Waals surface area contributed by atoms with E-state index in [-0.39, 0.29) is 5.54 Å². The monoisotopic (exact) mass is 210 g/mol. The van der Waals surface area contributed by atoms with E-state index in [1.54, 1.807) is 6.08 Å². The van der Waals surface area contributed by atoms with Gasteiger partial charge >= 0.3 is 0 Å². The van der Waals surface area contributed by atoms with Gasteiger partial charge in [0.2, 0.25) is 0 Å². The van der Waals surface area contributed by atoms with Crippen LogP contribution in [0.3, 0.4) is 0 Å². The molecule has 3 nitrogen and oxygen atoms in total. The Morgan fingerprint density at radius 1 is 1.53 bits per heavy atom. The minimum absolute atomic E-state index is 0.00377. The van der Waals surface area contributed by atoms with Crippen molar-refractivity contribution in [2.24, 2.45) is 4.99 Å². The molecule has 1 atom stereocenters. The summed E-state index contributed by atoms with van der Waals surface area (Å²) < 4.78 is 0. The van der Waals surface area contributed by atoms with E-state index in [1.807, 2.05) is 13.0 Å². The quantitative estimate of drug-likeness (QED) is 0.681. The molecule has 0 saturated carbocycles. The summed E-state index contributed by atoms with van der Waals surface area (Å²) in [7, 11) is 0. The zero-order valence-corrected chi connectivity index (χ0v) is 10.1. The van der Waals surface area contributed by atoms with Crippen LogP contribution in [0.25, 0.3) is 0 Å². The van der Waals surface area contributed by atoms with Crippen LogP contribution in [-0.2, 0) is 0 Å². The highest BCUT2D eigenvalue weighted by Crippen LogP contribution is 2.00. The molecule has 0 spiro atoms. The summed E-state index contributed by atoms with van der Waals surface area (Å²) in [6.45, 7) is 12.1. The van der Waals surface area contributed by atoms with Gasteiger partial charge in [-0.3, -0.25) is 4.99 Å². The average molecular weight is 210 g/mol. The lowest BCUT2D eigenvalue weighted by Crippen LogP contribution is -2.43. The second-order valence-electron chi connectivity index (χ2n) is 4.38. The molecule has 15 heavy (non-hydrogen) atoms. The molecule has 86 valence electrons. The largest absolute Gasteiger partial charge is 0.385 e. The van der Waals surface area contributed by atoms with Crippen LogP contribution >= 0.6 is 0 Å².